The molecule has 1 atom stereocenters. The molecule has 0 radical (unpaired) electrons. The Morgan fingerprint density at radius 2 is 2.04 bits per heavy atom. The fraction of sp³-hybridized carbons (Fsp3) is 0.350. The third-order valence-electron chi connectivity index (χ3n) is 4.61. The van der Waals surface area contributed by atoms with Gasteiger partial charge in [0.1, 0.15) is 0 Å². The molecule has 1 aromatic heterocycles. The van der Waals surface area contributed by atoms with Crippen LogP contribution in [0.4, 0.5) is 11.4 Å². The lowest BCUT2D eigenvalue weighted by molar-refractivity contribution is -0.119. The maximum Gasteiger partial charge on any atom is 0.259 e. The van der Waals surface area contributed by atoms with Crippen LogP contribution in [0.15, 0.2) is 42.7 Å². The second kappa shape index (κ2) is 6.88. The van der Waals surface area contributed by atoms with Gasteiger partial charge in [-0.2, -0.15) is 0 Å². The lowest BCUT2D eigenvalue weighted by atomic mass is 9.87. The SMILES string of the molecule is CC(C)(C)[C@H](N)C(=O)Nc1ccc2c(c1)CCN2C(=O)c1cccnc1. The smallest absolute Gasteiger partial charge is 0.259 e. The number of carbonyl (C=O) groups excluding carboxylic acids is 2. The van der Waals surface area contributed by atoms with Crippen LogP contribution in [-0.4, -0.2) is 29.4 Å². The molecule has 0 unspecified atom stereocenters. The lowest BCUT2D eigenvalue weighted by Gasteiger charge is -2.26. The van der Waals surface area contributed by atoms with Crippen LogP contribution < -0.4 is 16.0 Å². The Morgan fingerprint density at radius 3 is 2.69 bits per heavy atom. The van der Waals surface area contributed by atoms with Gasteiger partial charge in [-0.1, -0.05) is 20.8 Å². The average molecular weight is 352 g/mol. The van der Waals surface area contributed by atoms with E-state index in [4.69, 9.17) is 5.73 Å². The summed E-state index contributed by atoms with van der Waals surface area (Å²) in [5.74, 6) is -0.276. The van der Waals surface area contributed by atoms with Crippen LogP contribution in [0.1, 0.15) is 36.7 Å². The highest BCUT2D eigenvalue weighted by molar-refractivity contribution is 6.07. The molecule has 136 valence electrons. The summed E-state index contributed by atoms with van der Waals surface area (Å²) >= 11 is 0. The summed E-state index contributed by atoms with van der Waals surface area (Å²) in [5, 5.41) is 2.88. The second-order valence-corrected chi connectivity index (χ2v) is 7.62. The molecule has 0 saturated heterocycles. The molecular weight excluding hydrogens is 328 g/mol. The third kappa shape index (κ3) is 3.60. The largest absolute Gasteiger partial charge is 0.325 e. The predicted molar refractivity (Wildman–Crippen MR) is 102 cm³/mol. The Morgan fingerprint density at radius 1 is 1.27 bits per heavy atom. The van der Waals surface area contributed by atoms with Crippen LogP contribution in [0.3, 0.4) is 0 Å². The van der Waals surface area contributed by atoms with Crippen LogP contribution in [0, 0.1) is 5.41 Å². The van der Waals surface area contributed by atoms with Gasteiger partial charge in [0, 0.05) is 30.3 Å². The quantitative estimate of drug-likeness (QED) is 0.889. The van der Waals surface area contributed by atoms with Crippen LogP contribution in [-0.2, 0) is 11.2 Å². The summed E-state index contributed by atoms with van der Waals surface area (Å²) in [6.07, 6.45) is 3.96. The zero-order valence-corrected chi connectivity index (χ0v) is 15.3. The standard InChI is InChI=1S/C20H24N4O2/c1-20(2,3)17(21)18(25)23-15-6-7-16-13(11-15)8-10-24(16)19(26)14-5-4-9-22-12-14/h4-7,9,11-12,17H,8,10,21H2,1-3H3,(H,23,25)/t17-/m1/s1. The van der Waals surface area contributed by atoms with Gasteiger partial charge in [0.25, 0.3) is 5.91 Å². The molecule has 3 N–H and O–H groups in total. The van der Waals surface area contributed by atoms with Crippen LogP contribution >= 0.6 is 0 Å². The van der Waals surface area contributed by atoms with E-state index in [1.807, 2.05) is 32.9 Å². The van der Waals surface area contributed by atoms with Crippen molar-refractivity contribution in [3.8, 4) is 0 Å². The molecule has 2 heterocycles. The van der Waals surface area contributed by atoms with Crippen LogP contribution in [0.2, 0.25) is 0 Å². The summed E-state index contributed by atoms with van der Waals surface area (Å²) < 4.78 is 0. The van der Waals surface area contributed by atoms with E-state index in [1.54, 1.807) is 35.5 Å². The zero-order valence-electron chi connectivity index (χ0n) is 15.3. The van der Waals surface area contributed by atoms with Gasteiger partial charge in [0.05, 0.1) is 11.6 Å². The summed E-state index contributed by atoms with van der Waals surface area (Å²) in [4.78, 5) is 30.7. The minimum Gasteiger partial charge on any atom is -0.325 e. The first-order valence-electron chi connectivity index (χ1n) is 8.68. The van der Waals surface area contributed by atoms with E-state index in [0.717, 1.165) is 17.7 Å². The van der Waals surface area contributed by atoms with E-state index in [9.17, 15) is 9.59 Å². The zero-order chi connectivity index (χ0) is 18.9. The first-order chi connectivity index (χ1) is 12.3. The van der Waals surface area contributed by atoms with Crippen molar-refractivity contribution in [2.45, 2.75) is 33.2 Å². The highest BCUT2D eigenvalue weighted by Crippen LogP contribution is 2.32. The van der Waals surface area contributed by atoms with Crippen molar-refractivity contribution in [1.82, 2.24) is 4.98 Å². The molecule has 0 fully saturated rings. The summed E-state index contributed by atoms with van der Waals surface area (Å²) in [6, 6.07) is 8.51. The molecule has 0 spiro atoms. The molecule has 0 bridgehead atoms. The molecule has 1 aromatic carbocycles. The van der Waals surface area contributed by atoms with Gasteiger partial charge in [0.2, 0.25) is 5.91 Å². The first kappa shape index (κ1) is 18.1. The second-order valence-electron chi connectivity index (χ2n) is 7.62. The van der Waals surface area contributed by atoms with Crippen molar-refractivity contribution in [2.24, 2.45) is 11.1 Å². The molecule has 26 heavy (non-hydrogen) atoms. The number of pyridine rings is 1. The topological polar surface area (TPSA) is 88.3 Å². The van der Waals surface area contributed by atoms with Crippen LogP contribution in [0.5, 0.6) is 0 Å². The Labute approximate surface area is 153 Å². The van der Waals surface area contributed by atoms with E-state index >= 15 is 0 Å². The van der Waals surface area contributed by atoms with E-state index in [-0.39, 0.29) is 17.2 Å². The van der Waals surface area contributed by atoms with E-state index < -0.39 is 6.04 Å². The molecule has 2 aromatic rings. The van der Waals surface area contributed by atoms with Gasteiger partial charge in [-0.15, -0.1) is 0 Å². The van der Waals surface area contributed by atoms with Gasteiger partial charge < -0.3 is 16.0 Å². The summed E-state index contributed by atoms with van der Waals surface area (Å²) in [6.45, 7) is 6.41. The molecule has 0 aliphatic carbocycles. The number of benzene rings is 1. The molecule has 1 aliphatic rings. The van der Waals surface area contributed by atoms with Crippen molar-refractivity contribution in [2.75, 3.05) is 16.8 Å². The van der Waals surface area contributed by atoms with Crippen molar-refractivity contribution in [3.63, 3.8) is 0 Å². The van der Waals surface area contributed by atoms with Gasteiger partial charge in [0.15, 0.2) is 0 Å². The highest BCUT2D eigenvalue weighted by atomic mass is 16.2. The number of carbonyl (C=O) groups is 2. The first-order valence-corrected chi connectivity index (χ1v) is 8.68. The van der Waals surface area contributed by atoms with Crippen molar-refractivity contribution in [1.29, 1.82) is 0 Å². The van der Waals surface area contributed by atoms with Gasteiger partial charge in [-0.25, -0.2) is 0 Å². The van der Waals surface area contributed by atoms with Crippen molar-refractivity contribution in [3.05, 3.63) is 53.9 Å². The van der Waals surface area contributed by atoms with E-state index in [2.05, 4.69) is 10.3 Å². The number of hydrogen-bond donors (Lipinski definition) is 2. The normalized spacial score (nSPS) is 14.7. The maximum absolute atomic E-state index is 12.7. The van der Waals surface area contributed by atoms with Crippen molar-refractivity contribution < 1.29 is 9.59 Å². The summed E-state index contributed by atoms with van der Waals surface area (Å²) in [5.41, 5.74) is 8.86. The Hall–Kier alpha value is -2.73. The fourth-order valence-electron chi connectivity index (χ4n) is 2.95. The predicted octanol–water partition coefficient (Wildman–Crippen LogP) is 2.60. The number of anilines is 2. The molecule has 6 heteroatoms. The highest BCUT2D eigenvalue weighted by Gasteiger charge is 2.29. The molecular formula is C20H24N4O2. The number of nitrogens with two attached hydrogens (primary N) is 1. The van der Waals surface area contributed by atoms with E-state index in [0.29, 0.717) is 17.8 Å². The van der Waals surface area contributed by atoms with Gasteiger partial charge >= 0.3 is 0 Å². The molecule has 3 rings (SSSR count). The number of nitrogens with zero attached hydrogens (tertiary/aromatic N) is 2. The summed E-state index contributed by atoms with van der Waals surface area (Å²) in [7, 11) is 0. The minimum atomic E-state index is -0.598. The van der Waals surface area contributed by atoms with E-state index in [1.165, 1.54) is 0 Å². The number of rotatable bonds is 3. The Bertz CT molecular complexity index is 827. The van der Waals surface area contributed by atoms with Crippen molar-refractivity contribution >= 4 is 23.2 Å². The number of aromatic nitrogens is 1. The molecule has 0 saturated carbocycles. The average Bonchev–Trinajstić information content (AvgIpc) is 3.03. The number of hydrogen-bond acceptors (Lipinski definition) is 4. The lowest BCUT2D eigenvalue weighted by Crippen LogP contribution is -2.45. The number of amides is 2. The number of fused-ring (bicyclic) bond motifs is 1. The molecule has 1 aliphatic heterocycles. The Kier molecular flexibility index (Phi) is 4.78. The molecule has 6 nitrogen and oxygen atoms in total. The number of nitrogens with one attached hydrogen (secondary N) is 1. The minimum absolute atomic E-state index is 0.0663. The monoisotopic (exact) mass is 352 g/mol. The van der Waals surface area contributed by atoms with Crippen LogP contribution in [0.25, 0.3) is 0 Å². The third-order valence-corrected chi connectivity index (χ3v) is 4.61. The maximum atomic E-state index is 12.7. The van der Waals surface area contributed by atoms with Gasteiger partial charge in [-0.05, 0) is 47.7 Å². The molecule has 2 amide bonds. The fourth-order valence-corrected chi connectivity index (χ4v) is 2.95. The Balaban J connectivity index is 1.77. The van der Waals surface area contributed by atoms with Gasteiger partial charge in [-0.3, -0.25) is 14.6 Å².